The molecule has 0 aromatic heterocycles. The molecular weight excluding hydrogens is 386 g/mol. The molecule has 0 radical (unpaired) electrons. The summed E-state index contributed by atoms with van der Waals surface area (Å²) < 4.78 is 10.1. The van der Waals surface area contributed by atoms with Crippen molar-refractivity contribution in [2.75, 3.05) is 7.11 Å². The van der Waals surface area contributed by atoms with Crippen LogP contribution in [0.25, 0.3) is 0 Å². The summed E-state index contributed by atoms with van der Waals surface area (Å²) in [4.78, 5) is 51.3. The molecule has 2 aromatic rings. The maximum atomic E-state index is 13.0. The number of rotatable bonds is 7. The molecular formula is C23H23NO6. The van der Waals surface area contributed by atoms with E-state index in [-0.39, 0.29) is 23.7 Å². The van der Waals surface area contributed by atoms with E-state index in [9.17, 15) is 19.2 Å². The number of nitrogens with zero attached hydrogens (tertiary/aromatic N) is 1. The quantitative estimate of drug-likeness (QED) is 0.515. The fourth-order valence-electron chi connectivity index (χ4n) is 3.42. The molecule has 1 heterocycles. The summed E-state index contributed by atoms with van der Waals surface area (Å²) in [5, 5.41) is 0. The van der Waals surface area contributed by atoms with E-state index in [1.54, 1.807) is 55.5 Å². The molecule has 0 fully saturated rings. The number of benzene rings is 2. The molecule has 156 valence electrons. The first-order valence-electron chi connectivity index (χ1n) is 9.69. The number of methoxy groups -OCH3 is 1. The lowest BCUT2D eigenvalue weighted by Crippen LogP contribution is -2.49. The van der Waals surface area contributed by atoms with E-state index >= 15 is 0 Å². The van der Waals surface area contributed by atoms with Gasteiger partial charge in [0.15, 0.2) is 0 Å². The van der Waals surface area contributed by atoms with Gasteiger partial charge in [-0.2, -0.15) is 0 Å². The molecule has 0 unspecified atom stereocenters. The van der Waals surface area contributed by atoms with Gasteiger partial charge in [-0.05, 0) is 35.7 Å². The van der Waals surface area contributed by atoms with Crippen molar-refractivity contribution in [1.29, 1.82) is 0 Å². The molecule has 0 spiro atoms. The number of carbonyl (C=O) groups excluding carboxylic acids is 4. The molecule has 2 amide bonds. The fraction of sp³-hybridized carbons (Fsp3) is 0.304. The smallest absolute Gasteiger partial charge is 0.337 e. The molecule has 3 rings (SSSR count). The monoisotopic (exact) mass is 409 g/mol. The molecule has 30 heavy (non-hydrogen) atoms. The summed E-state index contributed by atoms with van der Waals surface area (Å²) in [6.45, 7) is 3.58. The number of imide groups is 1. The number of amides is 2. The lowest BCUT2D eigenvalue weighted by molar-refractivity contribution is -0.151. The van der Waals surface area contributed by atoms with Gasteiger partial charge in [0.05, 0.1) is 23.8 Å². The third-order valence-corrected chi connectivity index (χ3v) is 5.26. The molecule has 0 saturated carbocycles. The maximum absolute atomic E-state index is 13.0. The second-order valence-corrected chi connectivity index (χ2v) is 7.16. The van der Waals surface area contributed by atoms with Crippen LogP contribution in [0.3, 0.4) is 0 Å². The largest absolute Gasteiger partial charge is 0.465 e. The average molecular weight is 409 g/mol. The minimum absolute atomic E-state index is 0.0974. The van der Waals surface area contributed by atoms with Gasteiger partial charge in [0.25, 0.3) is 11.8 Å². The SMILES string of the molecule is CC[C@H](C)[C@H](C(=O)OCc1cccc(C(=O)OC)c1)N1C(=O)c2ccccc2C1=O. The highest BCUT2D eigenvalue weighted by atomic mass is 16.5. The molecule has 7 nitrogen and oxygen atoms in total. The van der Waals surface area contributed by atoms with Crippen molar-refractivity contribution in [3.63, 3.8) is 0 Å². The normalized spacial score (nSPS) is 14.8. The first-order chi connectivity index (χ1) is 14.4. The predicted molar refractivity (Wildman–Crippen MR) is 108 cm³/mol. The Bertz CT molecular complexity index is 964. The van der Waals surface area contributed by atoms with Gasteiger partial charge in [-0.3, -0.25) is 14.5 Å². The first-order valence-corrected chi connectivity index (χ1v) is 9.69. The predicted octanol–water partition coefficient (Wildman–Crippen LogP) is 3.23. The molecule has 0 N–H and O–H groups in total. The number of hydrogen-bond acceptors (Lipinski definition) is 6. The Morgan fingerprint density at radius 3 is 2.20 bits per heavy atom. The Balaban J connectivity index is 1.80. The van der Waals surface area contributed by atoms with E-state index in [1.165, 1.54) is 7.11 Å². The van der Waals surface area contributed by atoms with Gasteiger partial charge < -0.3 is 9.47 Å². The lowest BCUT2D eigenvalue weighted by Gasteiger charge is -2.29. The van der Waals surface area contributed by atoms with E-state index < -0.39 is 29.8 Å². The van der Waals surface area contributed by atoms with Gasteiger partial charge in [-0.15, -0.1) is 0 Å². The van der Waals surface area contributed by atoms with E-state index in [4.69, 9.17) is 9.47 Å². The van der Waals surface area contributed by atoms with Gasteiger partial charge in [0.1, 0.15) is 12.6 Å². The Morgan fingerprint density at radius 1 is 1.00 bits per heavy atom. The molecule has 0 saturated heterocycles. The second kappa shape index (κ2) is 8.90. The fourth-order valence-corrected chi connectivity index (χ4v) is 3.42. The lowest BCUT2D eigenvalue weighted by atomic mass is 9.97. The van der Waals surface area contributed by atoms with E-state index in [0.29, 0.717) is 17.5 Å². The molecule has 1 aliphatic rings. The zero-order valence-corrected chi connectivity index (χ0v) is 17.1. The highest BCUT2D eigenvalue weighted by Crippen LogP contribution is 2.29. The van der Waals surface area contributed by atoms with Gasteiger partial charge in [-0.25, -0.2) is 9.59 Å². The number of ether oxygens (including phenoxy) is 2. The van der Waals surface area contributed by atoms with E-state index in [2.05, 4.69) is 0 Å². The summed E-state index contributed by atoms with van der Waals surface area (Å²) in [6.07, 6.45) is 0.574. The summed E-state index contributed by atoms with van der Waals surface area (Å²) in [6, 6.07) is 12.0. The first kappa shape index (κ1) is 21.2. The highest BCUT2D eigenvalue weighted by Gasteiger charge is 2.45. The van der Waals surface area contributed by atoms with Gasteiger partial charge >= 0.3 is 11.9 Å². The summed E-state index contributed by atoms with van der Waals surface area (Å²) in [5.74, 6) is -2.44. The molecule has 7 heteroatoms. The molecule has 0 bridgehead atoms. The van der Waals surface area contributed by atoms with Crippen LogP contribution in [0.5, 0.6) is 0 Å². The summed E-state index contributed by atoms with van der Waals surface area (Å²) >= 11 is 0. The zero-order valence-electron chi connectivity index (χ0n) is 17.1. The zero-order chi connectivity index (χ0) is 21.8. The number of fused-ring (bicyclic) bond motifs is 1. The maximum Gasteiger partial charge on any atom is 0.337 e. The molecule has 0 aliphatic carbocycles. The Labute approximate surface area is 174 Å². The van der Waals surface area contributed by atoms with E-state index in [1.807, 2.05) is 6.92 Å². The third-order valence-electron chi connectivity index (χ3n) is 5.26. The minimum Gasteiger partial charge on any atom is -0.465 e. The number of carbonyl (C=O) groups is 4. The molecule has 2 aromatic carbocycles. The molecule has 2 atom stereocenters. The standard InChI is InChI=1S/C23H23NO6/c1-4-14(2)19(24-20(25)17-10-5-6-11-18(17)21(24)26)23(28)30-13-15-8-7-9-16(12-15)22(27)29-3/h5-12,14,19H,4,13H2,1-3H3/t14-,19+/m0/s1. The van der Waals surface area contributed by atoms with Gasteiger partial charge in [-0.1, -0.05) is 44.5 Å². The van der Waals surface area contributed by atoms with Crippen LogP contribution in [0.2, 0.25) is 0 Å². The Hall–Kier alpha value is -3.48. The van der Waals surface area contributed by atoms with Crippen molar-refractivity contribution in [1.82, 2.24) is 4.90 Å². The van der Waals surface area contributed by atoms with Gasteiger partial charge in [0, 0.05) is 0 Å². The average Bonchev–Trinajstić information content (AvgIpc) is 3.02. The minimum atomic E-state index is -1.04. The van der Waals surface area contributed by atoms with Crippen molar-refractivity contribution >= 4 is 23.8 Å². The van der Waals surface area contributed by atoms with Crippen LogP contribution < -0.4 is 0 Å². The topological polar surface area (TPSA) is 90.0 Å². The van der Waals surface area contributed by atoms with Crippen LogP contribution in [-0.4, -0.2) is 41.8 Å². The van der Waals surface area contributed by atoms with Crippen LogP contribution in [-0.2, 0) is 20.9 Å². The van der Waals surface area contributed by atoms with Crippen LogP contribution in [0.15, 0.2) is 48.5 Å². The van der Waals surface area contributed by atoms with Crippen LogP contribution in [0.1, 0.15) is 56.9 Å². The van der Waals surface area contributed by atoms with Crippen molar-refractivity contribution in [2.24, 2.45) is 5.92 Å². The van der Waals surface area contributed by atoms with Crippen LogP contribution in [0, 0.1) is 5.92 Å². The molecule has 1 aliphatic heterocycles. The number of esters is 2. The Kier molecular flexibility index (Phi) is 6.30. The van der Waals surface area contributed by atoms with Gasteiger partial charge in [0.2, 0.25) is 0 Å². The van der Waals surface area contributed by atoms with Crippen LogP contribution in [0.4, 0.5) is 0 Å². The summed E-state index contributed by atoms with van der Waals surface area (Å²) in [7, 11) is 1.29. The van der Waals surface area contributed by atoms with Crippen molar-refractivity contribution in [3.8, 4) is 0 Å². The highest BCUT2D eigenvalue weighted by molar-refractivity contribution is 6.22. The number of hydrogen-bond donors (Lipinski definition) is 0. The van der Waals surface area contributed by atoms with Crippen molar-refractivity contribution in [3.05, 3.63) is 70.8 Å². The second-order valence-electron chi connectivity index (χ2n) is 7.16. The van der Waals surface area contributed by atoms with Crippen molar-refractivity contribution in [2.45, 2.75) is 32.9 Å². The Morgan fingerprint density at radius 2 is 1.63 bits per heavy atom. The third kappa shape index (κ3) is 3.96. The van der Waals surface area contributed by atoms with Crippen LogP contribution >= 0.6 is 0 Å². The van der Waals surface area contributed by atoms with E-state index in [0.717, 1.165) is 4.90 Å². The van der Waals surface area contributed by atoms with Crippen molar-refractivity contribution < 1.29 is 28.7 Å². The summed E-state index contributed by atoms with van der Waals surface area (Å²) in [5.41, 5.74) is 1.50.